The Balaban J connectivity index is 1.99. The number of halogens is 2. The van der Waals surface area contributed by atoms with Crippen molar-refractivity contribution in [2.45, 2.75) is 83.2 Å². The molecule has 9 nitrogen and oxygen atoms in total. The number of nitrogens with one attached hydrogen (secondary N) is 3. The minimum atomic E-state index is -2.66. The molecular formula is C23H37F2N3O6. The largest absolute Gasteiger partial charge is 0.467 e. The van der Waals surface area contributed by atoms with Crippen molar-refractivity contribution in [1.29, 1.82) is 0 Å². The maximum Gasteiger partial charge on any atom is 0.407 e. The predicted molar refractivity (Wildman–Crippen MR) is 119 cm³/mol. The molecule has 2 fully saturated rings. The first kappa shape index (κ1) is 27.8. The molecule has 1 heterocycles. The topological polar surface area (TPSA) is 123 Å². The number of methoxy groups -OCH3 is 1. The summed E-state index contributed by atoms with van der Waals surface area (Å²) in [7, 11) is 1.20. The van der Waals surface area contributed by atoms with E-state index < -0.39 is 41.4 Å². The number of alkyl carbamates (subject to hydrolysis) is 1. The Morgan fingerprint density at radius 1 is 1.21 bits per heavy atom. The molecule has 3 N–H and O–H groups in total. The van der Waals surface area contributed by atoms with Crippen molar-refractivity contribution < 1.29 is 37.4 Å². The van der Waals surface area contributed by atoms with Crippen molar-refractivity contribution in [3.05, 3.63) is 0 Å². The number of carbonyl (C=O) groups is 4. The van der Waals surface area contributed by atoms with Crippen LogP contribution in [0.5, 0.6) is 0 Å². The lowest BCUT2D eigenvalue weighted by Crippen LogP contribution is -2.59. The van der Waals surface area contributed by atoms with E-state index in [4.69, 9.17) is 9.47 Å². The second-order valence-electron chi connectivity index (χ2n) is 10.0. The third-order valence-electron chi connectivity index (χ3n) is 6.45. The third kappa shape index (κ3) is 8.09. The Labute approximate surface area is 199 Å². The highest BCUT2D eigenvalue weighted by molar-refractivity contribution is 5.92. The van der Waals surface area contributed by atoms with Crippen LogP contribution in [0.3, 0.4) is 0 Å². The van der Waals surface area contributed by atoms with Crippen LogP contribution in [0, 0.1) is 17.8 Å². The average Bonchev–Trinajstić information content (AvgIpc) is 3.15. The molecule has 2 unspecified atom stereocenters. The number of hydrogen-bond donors (Lipinski definition) is 3. The molecule has 0 aromatic rings. The number of esters is 1. The average molecular weight is 490 g/mol. The molecule has 1 aliphatic heterocycles. The molecule has 0 aromatic heterocycles. The second kappa shape index (κ2) is 11.8. The summed E-state index contributed by atoms with van der Waals surface area (Å²) in [6.45, 7) is 5.73. The summed E-state index contributed by atoms with van der Waals surface area (Å²) in [6, 6.07) is -0.996. The van der Waals surface area contributed by atoms with Crippen molar-refractivity contribution >= 4 is 23.9 Å². The third-order valence-corrected chi connectivity index (χ3v) is 6.45. The van der Waals surface area contributed by atoms with Crippen molar-refractivity contribution in [2.75, 3.05) is 20.3 Å². The minimum Gasteiger partial charge on any atom is -0.467 e. The molecule has 3 amide bonds. The van der Waals surface area contributed by atoms with Gasteiger partial charge >= 0.3 is 12.1 Å². The van der Waals surface area contributed by atoms with Gasteiger partial charge in [-0.05, 0) is 50.9 Å². The number of hydrogen-bond acceptors (Lipinski definition) is 6. The van der Waals surface area contributed by atoms with E-state index in [0.29, 0.717) is 13.0 Å². The summed E-state index contributed by atoms with van der Waals surface area (Å²) in [5.41, 5.74) is -1.47. The number of ether oxygens (including phenoxy) is 2. The van der Waals surface area contributed by atoms with Crippen molar-refractivity contribution in [3.63, 3.8) is 0 Å². The number of rotatable bonds is 10. The Morgan fingerprint density at radius 3 is 2.38 bits per heavy atom. The van der Waals surface area contributed by atoms with Crippen LogP contribution in [0.15, 0.2) is 0 Å². The summed E-state index contributed by atoms with van der Waals surface area (Å²) in [5, 5.41) is 7.91. The quantitative estimate of drug-likeness (QED) is 0.405. The van der Waals surface area contributed by atoms with Gasteiger partial charge in [0.25, 0.3) is 0 Å². The fraction of sp³-hybridized carbons (Fsp3) is 0.826. The standard InChI is InChI=1S/C23H37F2N3O6/c1-14(2)11-17(27-21(32)34-13-15-5-8-23(24,25)9-6-15)19(30)28-22(3,20(31)33-4)12-16-7-10-26-18(16)29/h14-17H,5-13H2,1-4H3,(H,26,29)(H,27,32)(H,28,30)/t16?,17-,22?/m0/s1. The van der Waals surface area contributed by atoms with Crippen molar-refractivity contribution in [1.82, 2.24) is 16.0 Å². The summed E-state index contributed by atoms with van der Waals surface area (Å²) >= 11 is 0. The molecule has 0 aromatic carbocycles. The lowest BCUT2D eigenvalue weighted by atomic mass is 9.87. The van der Waals surface area contributed by atoms with Crippen LogP contribution in [0.2, 0.25) is 0 Å². The normalized spacial score (nSPS) is 22.9. The zero-order valence-corrected chi connectivity index (χ0v) is 20.4. The van der Waals surface area contributed by atoms with Gasteiger partial charge in [0.05, 0.1) is 13.7 Å². The first-order valence-electron chi connectivity index (χ1n) is 11.8. The van der Waals surface area contributed by atoms with Gasteiger partial charge in [0.15, 0.2) is 0 Å². The van der Waals surface area contributed by atoms with E-state index >= 15 is 0 Å². The van der Waals surface area contributed by atoms with Crippen LogP contribution >= 0.6 is 0 Å². The Hall–Kier alpha value is -2.46. The van der Waals surface area contributed by atoms with E-state index in [2.05, 4.69) is 16.0 Å². The fourth-order valence-electron chi connectivity index (χ4n) is 4.45. The summed E-state index contributed by atoms with van der Waals surface area (Å²) in [4.78, 5) is 50.0. The molecule has 1 aliphatic carbocycles. The van der Waals surface area contributed by atoms with Crippen LogP contribution < -0.4 is 16.0 Å². The molecule has 2 aliphatic rings. The van der Waals surface area contributed by atoms with Crippen molar-refractivity contribution in [3.8, 4) is 0 Å². The zero-order valence-electron chi connectivity index (χ0n) is 20.4. The van der Waals surface area contributed by atoms with E-state index in [1.165, 1.54) is 14.0 Å². The number of alkyl halides is 2. The van der Waals surface area contributed by atoms with Gasteiger partial charge in [-0.25, -0.2) is 18.4 Å². The van der Waals surface area contributed by atoms with Crippen LogP contribution in [-0.4, -0.2) is 61.6 Å². The monoisotopic (exact) mass is 489 g/mol. The van der Waals surface area contributed by atoms with Gasteiger partial charge in [-0.3, -0.25) is 9.59 Å². The molecular weight excluding hydrogens is 452 g/mol. The van der Waals surface area contributed by atoms with Gasteiger partial charge in [0.1, 0.15) is 11.6 Å². The Kier molecular flexibility index (Phi) is 9.64. The lowest BCUT2D eigenvalue weighted by molar-refractivity contribution is -0.151. The molecule has 0 spiro atoms. The number of carbonyl (C=O) groups excluding carboxylic acids is 4. The van der Waals surface area contributed by atoms with Gasteiger partial charge in [0, 0.05) is 25.3 Å². The highest BCUT2D eigenvalue weighted by atomic mass is 19.3. The van der Waals surface area contributed by atoms with Gasteiger partial charge in [-0.15, -0.1) is 0 Å². The summed E-state index contributed by atoms with van der Waals surface area (Å²) in [6.07, 6.45) is 0.116. The van der Waals surface area contributed by atoms with Gasteiger partial charge < -0.3 is 25.4 Å². The molecule has 194 valence electrons. The molecule has 1 saturated carbocycles. The van der Waals surface area contributed by atoms with E-state index in [-0.39, 0.29) is 62.9 Å². The summed E-state index contributed by atoms with van der Waals surface area (Å²) in [5.74, 6) is -4.72. The Bertz CT molecular complexity index is 753. The van der Waals surface area contributed by atoms with Crippen LogP contribution in [-0.2, 0) is 23.9 Å². The molecule has 3 atom stereocenters. The van der Waals surface area contributed by atoms with Crippen LogP contribution in [0.4, 0.5) is 13.6 Å². The van der Waals surface area contributed by atoms with Gasteiger partial charge in [-0.1, -0.05) is 13.8 Å². The Morgan fingerprint density at radius 2 is 1.85 bits per heavy atom. The first-order valence-corrected chi connectivity index (χ1v) is 11.8. The highest BCUT2D eigenvalue weighted by Crippen LogP contribution is 2.36. The zero-order chi connectivity index (χ0) is 25.5. The highest BCUT2D eigenvalue weighted by Gasteiger charge is 2.43. The lowest BCUT2D eigenvalue weighted by Gasteiger charge is -2.32. The van der Waals surface area contributed by atoms with Crippen LogP contribution in [0.1, 0.15) is 65.7 Å². The fourth-order valence-corrected chi connectivity index (χ4v) is 4.45. The molecule has 11 heteroatoms. The smallest absolute Gasteiger partial charge is 0.407 e. The molecule has 34 heavy (non-hydrogen) atoms. The first-order chi connectivity index (χ1) is 15.8. The molecule has 1 saturated heterocycles. The van der Waals surface area contributed by atoms with E-state index in [9.17, 15) is 28.0 Å². The SMILES string of the molecule is COC(=O)C(C)(CC1CCNC1=O)NC(=O)[C@H](CC(C)C)NC(=O)OCC1CCC(F)(F)CC1. The molecule has 0 radical (unpaired) electrons. The maximum absolute atomic E-state index is 13.3. The van der Waals surface area contributed by atoms with Crippen molar-refractivity contribution in [2.24, 2.45) is 17.8 Å². The number of amides is 3. The van der Waals surface area contributed by atoms with E-state index in [0.717, 1.165) is 0 Å². The summed E-state index contributed by atoms with van der Waals surface area (Å²) < 4.78 is 36.7. The molecule has 2 rings (SSSR count). The molecule has 0 bridgehead atoms. The van der Waals surface area contributed by atoms with Gasteiger partial charge in [-0.2, -0.15) is 0 Å². The van der Waals surface area contributed by atoms with E-state index in [1.807, 2.05) is 13.8 Å². The predicted octanol–water partition coefficient (Wildman–Crippen LogP) is 2.53. The van der Waals surface area contributed by atoms with Crippen LogP contribution in [0.25, 0.3) is 0 Å². The second-order valence-corrected chi connectivity index (χ2v) is 10.0. The van der Waals surface area contributed by atoms with E-state index in [1.54, 1.807) is 0 Å². The minimum absolute atomic E-state index is 0.00536. The van der Waals surface area contributed by atoms with Gasteiger partial charge in [0.2, 0.25) is 17.7 Å². The maximum atomic E-state index is 13.3.